The van der Waals surface area contributed by atoms with Crippen LogP contribution in [0, 0.1) is 0 Å². The van der Waals surface area contributed by atoms with E-state index in [9.17, 15) is 0 Å². The summed E-state index contributed by atoms with van der Waals surface area (Å²) in [6.45, 7) is 0.658. The van der Waals surface area contributed by atoms with Gasteiger partial charge in [0.25, 0.3) is 0 Å². The largest absolute Gasteiger partial charge is 0.384 e. The molecule has 1 heterocycles. The number of nitrogens with zero attached hydrogens (tertiary/aromatic N) is 2. The molecule has 2 aromatic rings. The van der Waals surface area contributed by atoms with E-state index in [4.69, 9.17) is 16.3 Å². The topological polar surface area (TPSA) is 35.0 Å². The first kappa shape index (κ1) is 13.8. The van der Waals surface area contributed by atoms with Gasteiger partial charge in [-0.3, -0.25) is 0 Å². The van der Waals surface area contributed by atoms with Crippen molar-refractivity contribution in [2.45, 2.75) is 16.5 Å². The number of benzene rings is 1. The molecule has 18 heavy (non-hydrogen) atoms. The summed E-state index contributed by atoms with van der Waals surface area (Å²) in [6.07, 6.45) is 0.764. The van der Waals surface area contributed by atoms with Crippen molar-refractivity contribution < 1.29 is 4.74 Å². The molecular weight excluding hydrogens is 288 g/mol. The van der Waals surface area contributed by atoms with E-state index in [0.29, 0.717) is 6.61 Å². The van der Waals surface area contributed by atoms with Gasteiger partial charge in [0, 0.05) is 24.3 Å². The summed E-state index contributed by atoms with van der Waals surface area (Å²) >= 11 is 9.19. The van der Waals surface area contributed by atoms with Gasteiger partial charge < -0.3 is 4.74 Å². The van der Waals surface area contributed by atoms with Gasteiger partial charge in [0.15, 0.2) is 4.34 Å². The molecule has 0 saturated carbocycles. The summed E-state index contributed by atoms with van der Waals surface area (Å²) in [4.78, 5) is 4.44. The van der Waals surface area contributed by atoms with E-state index in [1.54, 1.807) is 18.9 Å². The van der Waals surface area contributed by atoms with Gasteiger partial charge in [0.2, 0.25) is 0 Å². The lowest BCUT2D eigenvalue weighted by Gasteiger charge is -2.00. The number of halogens is 1. The van der Waals surface area contributed by atoms with Crippen molar-refractivity contribution in [1.29, 1.82) is 0 Å². The van der Waals surface area contributed by atoms with Crippen molar-refractivity contribution >= 4 is 34.9 Å². The van der Waals surface area contributed by atoms with Crippen LogP contribution < -0.4 is 0 Å². The SMILES string of the molecule is COCCc1nsc(SCc2ccccc2Cl)n1. The molecule has 0 saturated heterocycles. The molecule has 0 amide bonds. The maximum absolute atomic E-state index is 6.10. The number of methoxy groups -OCH3 is 1. The van der Waals surface area contributed by atoms with E-state index in [-0.39, 0.29) is 0 Å². The minimum Gasteiger partial charge on any atom is -0.384 e. The minimum atomic E-state index is 0.658. The van der Waals surface area contributed by atoms with E-state index < -0.39 is 0 Å². The zero-order valence-corrected chi connectivity index (χ0v) is 12.3. The van der Waals surface area contributed by atoms with Crippen LogP contribution in [0.3, 0.4) is 0 Å². The van der Waals surface area contributed by atoms with Crippen molar-refractivity contribution in [3.05, 3.63) is 40.7 Å². The molecule has 96 valence electrons. The highest BCUT2D eigenvalue weighted by Gasteiger charge is 2.06. The van der Waals surface area contributed by atoms with Crippen LogP contribution >= 0.6 is 34.9 Å². The Balaban J connectivity index is 1.90. The number of aromatic nitrogens is 2. The molecule has 0 aliphatic rings. The number of hydrogen-bond acceptors (Lipinski definition) is 5. The van der Waals surface area contributed by atoms with Crippen LogP contribution in [-0.4, -0.2) is 23.1 Å². The van der Waals surface area contributed by atoms with Crippen LogP contribution in [0.5, 0.6) is 0 Å². The van der Waals surface area contributed by atoms with Crippen molar-refractivity contribution in [3.8, 4) is 0 Å². The third-order valence-electron chi connectivity index (χ3n) is 2.29. The zero-order valence-electron chi connectivity index (χ0n) is 9.93. The predicted octanol–water partition coefficient (Wildman–Crippen LogP) is 3.67. The van der Waals surface area contributed by atoms with E-state index in [1.807, 2.05) is 24.3 Å². The third-order valence-corrected chi connectivity index (χ3v) is 4.58. The van der Waals surface area contributed by atoms with Gasteiger partial charge in [-0.05, 0) is 23.2 Å². The quantitative estimate of drug-likeness (QED) is 0.762. The molecule has 1 aromatic carbocycles. The molecule has 1 aromatic heterocycles. The smallest absolute Gasteiger partial charge is 0.170 e. The van der Waals surface area contributed by atoms with Crippen LogP contribution in [-0.2, 0) is 16.9 Å². The molecule has 6 heteroatoms. The second-order valence-electron chi connectivity index (χ2n) is 3.60. The van der Waals surface area contributed by atoms with E-state index in [2.05, 4.69) is 9.36 Å². The molecule has 2 rings (SSSR count). The Labute approximate surface area is 120 Å². The van der Waals surface area contributed by atoms with Crippen LogP contribution in [0.2, 0.25) is 5.02 Å². The van der Waals surface area contributed by atoms with Gasteiger partial charge in [-0.2, -0.15) is 4.37 Å². The van der Waals surface area contributed by atoms with Crippen molar-refractivity contribution in [2.75, 3.05) is 13.7 Å². The number of rotatable bonds is 6. The fourth-order valence-corrected chi connectivity index (χ4v) is 3.29. The summed E-state index contributed by atoms with van der Waals surface area (Å²) in [6, 6.07) is 7.86. The third kappa shape index (κ3) is 3.95. The molecule has 0 unspecified atom stereocenters. The number of thioether (sulfide) groups is 1. The summed E-state index contributed by atoms with van der Waals surface area (Å²) < 4.78 is 10.3. The predicted molar refractivity (Wildman–Crippen MR) is 76.5 cm³/mol. The molecule has 0 bridgehead atoms. The molecule has 0 fully saturated rings. The first-order valence-corrected chi connectivity index (χ1v) is 7.61. The standard InChI is InChI=1S/C12H13ClN2OS2/c1-16-7-6-11-14-12(18-15-11)17-8-9-4-2-3-5-10(9)13/h2-5H,6-8H2,1H3. The number of hydrogen-bond donors (Lipinski definition) is 0. The van der Waals surface area contributed by atoms with Crippen LogP contribution in [0.4, 0.5) is 0 Å². The van der Waals surface area contributed by atoms with Crippen molar-refractivity contribution in [3.63, 3.8) is 0 Å². The highest BCUT2D eigenvalue weighted by Crippen LogP contribution is 2.27. The molecular formula is C12H13ClN2OS2. The van der Waals surface area contributed by atoms with Crippen LogP contribution in [0.25, 0.3) is 0 Å². The van der Waals surface area contributed by atoms with Gasteiger partial charge in [-0.25, -0.2) is 4.98 Å². The Kier molecular flexibility index (Phi) is 5.44. The first-order chi connectivity index (χ1) is 8.79. The van der Waals surface area contributed by atoms with E-state index >= 15 is 0 Å². The van der Waals surface area contributed by atoms with E-state index in [1.165, 1.54) is 11.5 Å². The Morgan fingerprint density at radius 2 is 2.22 bits per heavy atom. The van der Waals surface area contributed by atoms with Crippen molar-refractivity contribution in [1.82, 2.24) is 9.36 Å². The summed E-state index contributed by atoms with van der Waals surface area (Å²) in [5.41, 5.74) is 1.12. The fourth-order valence-electron chi connectivity index (χ4n) is 1.35. The lowest BCUT2D eigenvalue weighted by Crippen LogP contribution is -1.95. The van der Waals surface area contributed by atoms with Gasteiger partial charge in [0.1, 0.15) is 5.82 Å². The minimum absolute atomic E-state index is 0.658. The molecule has 0 aliphatic heterocycles. The second kappa shape index (κ2) is 7.09. The Morgan fingerprint density at radius 1 is 1.39 bits per heavy atom. The fraction of sp³-hybridized carbons (Fsp3) is 0.333. The number of ether oxygens (including phenoxy) is 1. The monoisotopic (exact) mass is 300 g/mol. The zero-order chi connectivity index (χ0) is 12.8. The van der Waals surface area contributed by atoms with Gasteiger partial charge in [-0.1, -0.05) is 41.6 Å². The first-order valence-electron chi connectivity index (χ1n) is 5.47. The molecule has 0 atom stereocenters. The molecule has 0 radical (unpaired) electrons. The lowest BCUT2D eigenvalue weighted by atomic mass is 10.2. The molecule has 0 N–H and O–H groups in total. The average molecular weight is 301 g/mol. The molecule has 0 aliphatic carbocycles. The molecule has 3 nitrogen and oxygen atoms in total. The molecule has 0 spiro atoms. The van der Waals surface area contributed by atoms with Gasteiger partial charge in [-0.15, -0.1) is 0 Å². The van der Waals surface area contributed by atoms with E-state index in [0.717, 1.165) is 32.9 Å². The summed E-state index contributed by atoms with van der Waals surface area (Å²) in [7, 11) is 1.68. The van der Waals surface area contributed by atoms with Crippen molar-refractivity contribution in [2.24, 2.45) is 0 Å². The maximum atomic E-state index is 6.10. The van der Waals surface area contributed by atoms with Crippen LogP contribution in [0.15, 0.2) is 28.6 Å². The summed E-state index contributed by atoms with van der Waals surface area (Å²) in [5, 5.41) is 0.800. The Hall–Kier alpha value is -0.620. The highest BCUT2D eigenvalue weighted by atomic mass is 35.5. The van der Waals surface area contributed by atoms with Gasteiger partial charge >= 0.3 is 0 Å². The summed E-state index contributed by atoms with van der Waals surface area (Å²) in [5.74, 6) is 1.67. The lowest BCUT2D eigenvalue weighted by molar-refractivity contribution is 0.200. The maximum Gasteiger partial charge on any atom is 0.170 e. The highest BCUT2D eigenvalue weighted by molar-refractivity contribution is 8.00. The van der Waals surface area contributed by atoms with Crippen LogP contribution in [0.1, 0.15) is 11.4 Å². The normalized spacial score (nSPS) is 10.8. The van der Waals surface area contributed by atoms with Gasteiger partial charge in [0.05, 0.1) is 6.61 Å². The second-order valence-corrected chi connectivity index (χ2v) is 5.98. The Bertz CT molecular complexity index is 504. The Morgan fingerprint density at radius 3 is 3.00 bits per heavy atom. The average Bonchev–Trinajstić information content (AvgIpc) is 2.83.